The highest BCUT2D eigenvalue weighted by molar-refractivity contribution is 5.76. The Kier molecular flexibility index (Phi) is 5.16. The van der Waals surface area contributed by atoms with E-state index >= 15 is 0 Å². The Morgan fingerprint density at radius 1 is 1.20 bits per heavy atom. The van der Waals surface area contributed by atoms with Crippen molar-refractivity contribution in [2.24, 2.45) is 0 Å². The van der Waals surface area contributed by atoms with Crippen molar-refractivity contribution in [2.45, 2.75) is 37.7 Å². The van der Waals surface area contributed by atoms with Gasteiger partial charge in [-0.2, -0.15) is 5.26 Å². The van der Waals surface area contributed by atoms with E-state index in [2.05, 4.69) is 11.4 Å². The molecule has 0 aromatic heterocycles. The summed E-state index contributed by atoms with van der Waals surface area (Å²) < 4.78 is 0. The lowest BCUT2D eigenvalue weighted by atomic mass is 9.79. The largest absolute Gasteiger partial charge is 0.383 e. The molecule has 3 rings (SSSR count). The van der Waals surface area contributed by atoms with Gasteiger partial charge in [-0.15, -0.1) is 0 Å². The van der Waals surface area contributed by atoms with Gasteiger partial charge in [0.25, 0.3) is 0 Å². The average Bonchev–Trinajstić information content (AvgIpc) is 2.66. The van der Waals surface area contributed by atoms with Crippen LogP contribution in [0.25, 0.3) is 0 Å². The number of nitrogens with zero attached hydrogens (tertiary/aromatic N) is 1. The van der Waals surface area contributed by atoms with Crippen molar-refractivity contribution in [3.05, 3.63) is 70.8 Å². The van der Waals surface area contributed by atoms with Crippen LogP contribution in [0.5, 0.6) is 0 Å². The first-order valence-electron chi connectivity index (χ1n) is 8.67. The lowest BCUT2D eigenvalue weighted by molar-refractivity contribution is -0.122. The summed E-state index contributed by atoms with van der Waals surface area (Å²) in [7, 11) is 0. The van der Waals surface area contributed by atoms with Gasteiger partial charge in [-0.1, -0.05) is 36.4 Å². The van der Waals surface area contributed by atoms with E-state index in [1.165, 1.54) is 5.56 Å². The number of aliphatic hydroxyl groups is 1. The first-order chi connectivity index (χ1) is 12.1. The summed E-state index contributed by atoms with van der Waals surface area (Å²) in [6, 6.07) is 17.3. The minimum absolute atomic E-state index is 0.0687. The van der Waals surface area contributed by atoms with Gasteiger partial charge in [0.2, 0.25) is 5.91 Å². The van der Waals surface area contributed by atoms with Crippen molar-refractivity contribution in [3.8, 4) is 6.07 Å². The molecular weight excluding hydrogens is 312 g/mol. The molecule has 0 heterocycles. The lowest BCUT2D eigenvalue weighted by Crippen LogP contribution is -2.43. The van der Waals surface area contributed by atoms with Crippen LogP contribution in [0, 0.1) is 11.3 Å². The van der Waals surface area contributed by atoms with Gasteiger partial charge >= 0.3 is 0 Å². The van der Waals surface area contributed by atoms with Gasteiger partial charge < -0.3 is 10.4 Å². The van der Waals surface area contributed by atoms with Crippen molar-refractivity contribution in [1.29, 1.82) is 5.26 Å². The number of carbonyl (C=O) groups excluding carboxylic acids is 1. The number of hydrogen-bond donors (Lipinski definition) is 2. The Hall–Kier alpha value is -2.64. The second-order valence-electron chi connectivity index (χ2n) is 6.63. The Balaban J connectivity index is 1.55. The fourth-order valence-corrected chi connectivity index (χ4v) is 3.42. The van der Waals surface area contributed by atoms with E-state index in [0.29, 0.717) is 24.8 Å². The van der Waals surface area contributed by atoms with Crippen LogP contribution < -0.4 is 5.32 Å². The Bertz CT molecular complexity index is 792. The maximum absolute atomic E-state index is 12.2. The van der Waals surface area contributed by atoms with Crippen LogP contribution in [0.2, 0.25) is 0 Å². The van der Waals surface area contributed by atoms with Crippen LogP contribution in [0.15, 0.2) is 48.5 Å². The van der Waals surface area contributed by atoms with E-state index in [9.17, 15) is 9.90 Å². The third-order valence-corrected chi connectivity index (χ3v) is 4.86. The molecule has 0 spiro atoms. The number of nitriles is 1. The fourth-order valence-electron chi connectivity index (χ4n) is 3.42. The maximum Gasteiger partial charge on any atom is 0.220 e. The van der Waals surface area contributed by atoms with E-state index in [4.69, 9.17) is 5.26 Å². The summed E-state index contributed by atoms with van der Waals surface area (Å²) >= 11 is 0. The van der Waals surface area contributed by atoms with Crippen LogP contribution in [-0.4, -0.2) is 17.6 Å². The molecule has 1 unspecified atom stereocenters. The molecule has 128 valence electrons. The summed E-state index contributed by atoms with van der Waals surface area (Å²) in [5, 5.41) is 22.7. The molecule has 1 aliphatic rings. The van der Waals surface area contributed by atoms with Crippen LogP contribution in [0.4, 0.5) is 0 Å². The van der Waals surface area contributed by atoms with Crippen molar-refractivity contribution in [2.75, 3.05) is 6.54 Å². The van der Waals surface area contributed by atoms with Gasteiger partial charge in [0, 0.05) is 6.42 Å². The molecule has 4 nitrogen and oxygen atoms in total. The molecule has 2 N–H and O–H groups in total. The number of amides is 1. The van der Waals surface area contributed by atoms with E-state index in [0.717, 1.165) is 24.0 Å². The van der Waals surface area contributed by atoms with Crippen LogP contribution in [-0.2, 0) is 23.2 Å². The van der Waals surface area contributed by atoms with Crippen LogP contribution in [0.1, 0.15) is 41.5 Å². The predicted octanol–water partition coefficient (Wildman–Crippen LogP) is 2.83. The van der Waals surface area contributed by atoms with Gasteiger partial charge in [-0.3, -0.25) is 4.79 Å². The van der Waals surface area contributed by atoms with E-state index in [1.807, 2.05) is 36.4 Å². The summed E-state index contributed by atoms with van der Waals surface area (Å²) in [5.74, 6) is -0.0687. The lowest BCUT2D eigenvalue weighted by Gasteiger charge is -2.34. The fraction of sp³-hybridized carbons (Fsp3) is 0.333. The van der Waals surface area contributed by atoms with Gasteiger partial charge in [0.1, 0.15) is 5.60 Å². The molecule has 4 heteroatoms. The van der Waals surface area contributed by atoms with Gasteiger partial charge in [0.05, 0.1) is 18.2 Å². The summed E-state index contributed by atoms with van der Waals surface area (Å²) in [6.07, 6.45) is 3.55. The minimum Gasteiger partial charge on any atom is -0.383 e. The smallest absolute Gasteiger partial charge is 0.220 e. The summed E-state index contributed by atoms with van der Waals surface area (Å²) in [5.41, 5.74) is 2.78. The molecule has 0 fully saturated rings. The van der Waals surface area contributed by atoms with Crippen molar-refractivity contribution in [1.82, 2.24) is 5.32 Å². The maximum atomic E-state index is 12.2. The van der Waals surface area contributed by atoms with Crippen molar-refractivity contribution in [3.63, 3.8) is 0 Å². The molecule has 1 aliphatic carbocycles. The second-order valence-corrected chi connectivity index (χ2v) is 6.63. The molecule has 0 saturated carbocycles. The molecule has 0 aliphatic heterocycles. The van der Waals surface area contributed by atoms with Crippen molar-refractivity contribution < 1.29 is 9.90 Å². The predicted molar refractivity (Wildman–Crippen MR) is 95.8 cm³/mol. The summed E-state index contributed by atoms with van der Waals surface area (Å²) in [4.78, 5) is 12.2. The van der Waals surface area contributed by atoms with Crippen LogP contribution >= 0.6 is 0 Å². The Labute approximate surface area is 148 Å². The molecule has 2 aromatic rings. The number of nitrogens with one attached hydrogen (secondary N) is 1. The minimum atomic E-state index is -0.973. The topological polar surface area (TPSA) is 73.1 Å². The van der Waals surface area contributed by atoms with E-state index in [1.54, 1.807) is 12.1 Å². The highest BCUT2D eigenvalue weighted by Gasteiger charge is 2.34. The molecule has 0 radical (unpaired) electrons. The highest BCUT2D eigenvalue weighted by Crippen LogP contribution is 2.34. The molecule has 0 bridgehead atoms. The zero-order valence-electron chi connectivity index (χ0n) is 14.2. The first kappa shape index (κ1) is 17.2. The highest BCUT2D eigenvalue weighted by atomic mass is 16.3. The SMILES string of the molecule is N#Cc1ccc(CCC(=O)NCC2(O)CCCc3ccccc32)cc1. The molecule has 1 amide bonds. The third kappa shape index (κ3) is 4.07. The standard InChI is InChI=1S/C21H22N2O2/c22-14-17-9-7-16(8-10-17)11-12-20(24)23-15-21(25)13-3-5-18-4-1-2-6-19(18)21/h1-2,4,6-10,25H,3,5,11-13,15H2,(H,23,24). The van der Waals surface area contributed by atoms with Gasteiger partial charge in [-0.05, 0) is 54.5 Å². The summed E-state index contributed by atoms with van der Waals surface area (Å²) in [6.45, 7) is 0.246. The number of rotatable bonds is 5. The second kappa shape index (κ2) is 7.50. The normalized spacial score (nSPS) is 18.9. The molecule has 2 aromatic carbocycles. The van der Waals surface area contributed by atoms with Gasteiger partial charge in [-0.25, -0.2) is 0 Å². The van der Waals surface area contributed by atoms with E-state index in [-0.39, 0.29) is 12.5 Å². The Morgan fingerprint density at radius 2 is 1.96 bits per heavy atom. The molecule has 1 atom stereocenters. The van der Waals surface area contributed by atoms with Gasteiger partial charge in [0.15, 0.2) is 0 Å². The van der Waals surface area contributed by atoms with Crippen molar-refractivity contribution >= 4 is 5.91 Å². The first-order valence-corrected chi connectivity index (χ1v) is 8.67. The average molecular weight is 334 g/mol. The van der Waals surface area contributed by atoms with Crippen LogP contribution in [0.3, 0.4) is 0 Å². The zero-order valence-corrected chi connectivity index (χ0v) is 14.2. The zero-order chi connectivity index (χ0) is 17.7. The molecule has 25 heavy (non-hydrogen) atoms. The van der Waals surface area contributed by atoms with E-state index < -0.39 is 5.60 Å². The molecular formula is C21H22N2O2. The number of hydrogen-bond acceptors (Lipinski definition) is 3. The number of fused-ring (bicyclic) bond motifs is 1. The monoisotopic (exact) mass is 334 g/mol. The Morgan fingerprint density at radius 3 is 2.72 bits per heavy atom. The quantitative estimate of drug-likeness (QED) is 0.883. The number of aryl methyl sites for hydroxylation is 2. The molecule has 0 saturated heterocycles. The number of benzene rings is 2. The number of carbonyl (C=O) groups is 1. The third-order valence-electron chi connectivity index (χ3n) is 4.86.